The third-order valence-corrected chi connectivity index (χ3v) is 4.76. The van der Waals surface area contributed by atoms with Crippen LogP contribution in [-0.2, 0) is 6.54 Å². The second kappa shape index (κ2) is 7.58. The lowest BCUT2D eigenvalue weighted by Gasteiger charge is -2.07. The Bertz CT molecular complexity index is 510. The van der Waals surface area contributed by atoms with Crippen LogP contribution in [0.4, 0.5) is 0 Å². The van der Waals surface area contributed by atoms with Crippen LogP contribution in [0.2, 0.25) is 0 Å². The molecule has 1 aromatic heterocycles. The predicted molar refractivity (Wildman–Crippen MR) is 84.5 cm³/mol. The Labute approximate surface area is 123 Å². The summed E-state index contributed by atoms with van der Waals surface area (Å²) in [7, 11) is 1.72. The van der Waals surface area contributed by atoms with E-state index in [-0.39, 0.29) is 0 Å². The van der Waals surface area contributed by atoms with Crippen molar-refractivity contribution < 1.29 is 4.74 Å². The molecule has 102 valence electrons. The van der Waals surface area contributed by atoms with Gasteiger partial charge in [-0.2, -0.15) is 0 Å². The van der Waals surface area contributed by atoms with E-state index in [0.29, 0.717) is 0 Å². The molecule has 0 spiro atoms. The van der Waals surface area contributed by atoms with Crippen LogP contribution in [0.15, 0.2) is 41.3 Å². The molecule has 1 aromatic carbocycles. The van der Waals surface area contributed by atoms with Gasteiger partial charge in [0.1, 0.15) is 5.75 Å². The number of hydrogen-bond donors (Lipinski definition) is 1. The number of para-hydroxylation sites is 1. The molecule has 19 heavy (non-hydrogen) atoms. The topological polar surface area (TPSA) is 21.3 Å². The van der Waals surface area contributed by atoms with Crippen molar-refractivity contribution in [2.75, 3.05) is 19.4 Å². The Morgan fingerprint density at radius 3 is 2.79 bits per heavy atom. The zero-order valence-electron chi connectivity index (χ0n) is 11.3. The molecule has 0 bridgehead atoms. The van der Waals surface area contributed by atoms with Crippen molar-refractivity contribution >= 4 is 23.1 Å². The largest absolute Gasteiger partial charge is 0.496 e. The summed E-state index contributed by atoms with van der Waals surface area (Å²) < 4.78 is 5.33. The van der Waals surface area contributed by atoms with Gasteiger partial charge in [0.2, 0.25) is 0 Å². The number of ether oxygens (including phenoxy) is 1. The summed E-state index contributed by atoms with van der Waals surface area (Å²) in [6.45, 7) is 4.11. The van der Waals surface area contributed by atoms with E-state index in [4.69, 9.17) is 4.74 Å². The first-order valence-electron chi connectivity index (χ1n) is 6.31. The van der Waals surface area contributed by atoms with Gasteiger partial charge in [0.05, 0.1) is 7.11 Å². The van der Waals surface area contributed by atoms with E-state index in [1.54, 1.807) is 7.11 Å². The van der Waals surface area contributed by atoms with Gasteiger partial charge < -0.3 is 10.1 Å². The number of rotatable bonds is 7. The summed E-state index contributed by atoms with van der Waals surface area (Å²) in [6.07, 6.45) is 0. The Hall–Kier alpha value is -0.970. The van der Waals surface area contributed by atoms with Crippen molar-refractivity contribution in [1.29, 1.82) is 0 Å². The highest BCUT2D eigenvalue weighted by Gasteiger charge is 2.01. The Balaban J connectivity index is 1.69. The molecule has 0 atom stereocenters. The van der Waals surface area contributed by atoms with Gasteiger partial charge in [0.25, 0.3) is 0 Å². The molecule has 0 unspecified atom stereocenters. The molecule has 0 aliphatic rings. The molecule has 0 fully saturated rings. The van der Waals surface area contributed by atoms with Crippen LogP contribution >= 0.6 is 23.1 Å². The average Bonchev–Trinajstić information content (AvgIpc) is 2.84. The summed E-state index contributed by atoms with van der Waals surface area (Å²) >= 11 is 3.69. The van der Waals surface area contributed by atoms with Gasteiger partial charge in [-0.3, -0.25) is 0 Å². The number of hydrogen-bond acceptors (Lipinski definition) is 4. The molecule has 1 N–H and O–H groups in total. The lowest BCUT2D eigenvalue weighted by atomic mass is 10.3. The zero-order chi connectivity index (χ0) is 13.5. The van der Waals surface area contributed by atoms with Crippen molar-refractivity contribution in [2.24, 2.45) is 0 Å². The molecule has 4 heteroatoms. The van der Waals surface area contributed by atoms with Gasteiger partial charge in [-0.05, 0) is 31.2 Å². The SMILES string of the molecule is COc1ccccc1SCCNCc1ccc(C)s1. The second-order valence-corrected chi connectivity index (χ2v) is 6.70. The van der Waals surface area contributed by atoms with Crippen LogP contribution in [-0.4, -0.2) is 19.4 Å². The lowest BCUT2D eigenvalue weighted by molar-refractivity contribution is 0.405. The average molecular weight is 293 g/mol. The van der Waals surface area contributed by atoms with Crippen LogP contribution in [0, 0.1) is 6.92 Å². The van der Waals surface area contributed by atoms with Crippen LogP contribution in [0.25, 0.3) is 0 Å². The van der Waals surface area contributed by atoms with Gasteiger partial charge in [-0.25, -0.2) is 0 Å². The molecule has 2 rings (SSSR count). The first-order valence-corrected chi connectivity index (χ1v) is 8.11. The molecule has 0 radical (unpaired) electrons. The standard InChI is InChI=1S/C15H19NOS2/c1-12-7-8-13(19-12)11-16-9-10-18-15-6-4-3-5-14(15)17-2/h3-8,16H,9-11H2,1-2H3. The van der Waals surface area contributed by atoms with E-state index in [0.717, 1.165) is 24.6 Å². The monoisotopic (exact) mass is 293 g/mol. The van der Waals surface area contributed by atoms with Crippen LogP contribution in [0.3, 0.4) is 0 Å². The molecule has 1 heterocycles. The van der Waals surface area contributed by atoms with Gasteiger partial charge in [-0.1, -0.05) is 12.1 Å². The van der Waals surface area contributed by atoms with Gasteiger partial charge >= 0.3 is 0 Å². The predicted octanol–water partition coefficient (Wildman–Crippen LogP) is 3.95. The van der Waals surface area contributed by atoms with Crippen molar-refractivity contribution in [2.45, 2.75) is 18.4 Å². The minimum absolute atomic E-state index is 0.960. The van der Waals surface area contributed by atoms with E-state index in [9.17, 15) is 0 Å². The van der Waals surface area contributed by atoms with E-state index >= 15 is 0 Å². The smallest absolute Gasteiger partial charge is 0.132 e. The molecule has 0 aliphatic heterocycles. The Morgan fingerprint density at radius 1 is 1.21 bits per heavy atom. The van der Waals surface area contributed by atoms with Crippen LogP contribution in [0.1, 0.15) is 9.75 Å². The zero-order valence-corrected chi connectivity index (χ0v) is 12.9. The van der Waals surface area contributed by atoms with Crippen molar-refractivity contribution in [1.82, 2.24) is 5.32 Å². The molecular weight excluding hydrogens is 274 g/mol. The number of thioether (sulfide) groups is 1. The van der Waals surface area contributed by atoms with Gasteiger partial charge in [0, 0.05) is 33.5 Å². The first-order chi connectivity index (χ1) is 9.29. The maximum absolute atomic E-state index is 5.33. The number of aryl methyl sites for hydroxylation is 1. The number of methoxy groups -OCH3 is 1. The summed E-state index contributed by atoms with van der Waals surface area (Å²) in [5, 5.41) is 3.47. The fourth-order valence-electron chi connectivity index (χ4n) is 1.76. The van der Waals surface area contributed by atoms with Gasteiger partial charge in [-0.15, -0.1) is 23.1 Å². The van der Waals surface area contributed by atoms with Crippen molar-refractivity contribution in [3.63, 3.8) is 0 Å². The maximum Gasteiger partial charge on any atom is 0.132 e. The molecule has 0 aliphatic carbocycles. The van der Waals surface area contributed by atoms with E-state index in [2.05, 4.69) is 30.4 Å². The van der Waals surface area contributed by atoms with E-state index < -0.39 is 0 Å². The molecule has 0 saturated heterocycles. The Morgan fingerprint density at radius 2 is 2.05 bits per heavy atom. The molecule has 2 aromatic rings. The highest BCUT2D eigenvalue weighted by molar-refractivity contribution is 7.99. The van der Waals surface area contributed by atoms with Crippen molar-refractivity contribution in [3.05, 3.63) is 46.2 Å². The number of thiophene rings is 1. The normalized spacial score (nSPS) is 10.6. The van der Waals surface area contributed by atoms with E-state index in [1.165, 1.54) is 14.6 Å². The quantitative estimate of drug-likeness (QED) is 0.617. The molecule has 2 nitrogen and oxygen atoms in total. The third kappa shape index (κ3) is 4.56. The summed E-state index contributed by atoms with van der Waals surface area (Å²) in [5.74, 6) is 2.01. The van der Waals surface area contributed by atoms with E-state index in [1.807, 2.05) is 41.3 Å². The fourth-order valence-corrected chi connectivity index (χ4v) is 3.56. The second-order valence-electron chi connectivity index (χ2n) is 4.19. The number of benzene rings is 1. The summed E-state index contributed by atoms with van der Waals surface area (Å²) in [6, 6.07) is 12.5. The minimum Gasteiger partial charge on any atom is -0.496 e. The molecule has 0 saturated carbocycles. The maximum atomic E-state index is 5.33. The van der Waals surface area contributed by atoms with Crippen molar-refractivity contribution in [3.8, 4) is 5.75 Å². The molecule has 0 amide bonds. The third-order valence-electron chi connectivity index (χ3n) is 2.70. The Kier molecular flexibility index (Phi) is 5.76. The highest BCUT2D eigenvalue weighted by Crippen LogP contribution is 2.28. The fraction of sp³-hybridized carbons (Fsp3) is 0.333. The highest BCUT2D eigenvalue weighted by atomic mass is 32.2. The minimum atomic E-state index is 0.960. The summed E-state index contributed by atoms with van der Waals surface area (Å²) in [4.78, 5) is 3.98. The first kappa shape index (κ1) is 14.4. The lowest BCUT2D eigenvalue weighted by Crippen LogP contribution is -2.15. The van der Waals surface area contributed by atoms with Gasteiger partial charge in [0.15, 0.2) is 0 Å². The number of nitrogens with one attached hydrogen (secondary N) is 1. The molecular formula is C15H19NOS2. The summed E-state index contributed by atoms with van der Waals surface area (Å²) in [5.41, 5.74) is 0. The van der Waals surface area contributed by atoms with Crippen LogP contribution < -0.4 is 10.1 Å². The van der Waals surface area contributed by atoms with Crippen LogP contribution in [0.5, 0.6) is 5.75 Å².